The maximum absolute atomic E-state index is 2.52. The van der Waals surface area contributed by atoms with Crippen LogP contribution in [0.25, 0.3) is 53.6 Å². The maximum Gasteiger partial charge on any atom is 0.0713 e. The predicted molar refractivity (Wildman–Crippen MR) is 274 cm³/mol. The lowest BCUT2D eigenvalue weighted by atomic mass is 9.68. The molecule has 1 unspecified atom stereocenters. The minimum Gasteiger partial charge on any atom is -0.310 e. The lowest BCUT2D eigenvalue weighted by Crippen LogP contribution is -2.28. The van der Waals surface area contributed by atoms with E-state index in [4.69, 9.17) is 0 Å². The average molecular weight is 846 g/mol. The van der Waals surface area contributed by atoms with Crippen LogP contribution in [0.5, 0.6) is 0 Å². The zero-order valence-electron chi connectivity index (χ0n) is 35.9. The Balaban J connectivity index is 1.05. The summed E-state index contributed by atoms with van der Waals surface area (Å²) in [6.45, 7) is 2.41. The van der Waals surface area contributed by atoms with Crippen LogP contribution in [0.2, 0.25) is 0 Å². The highest BCUT2D eigenvalue weighted by atomic mass is 32.1. The van der Waals surface area contributed by atoms with Gasteiger partial charge in [-0.3, -0.25) is 0 Å². The third-order valence-electron chi connectivity index (χ3n) is 14.4. The van der Waals surface area contributed by atoms with Gasteiger partial charge in [0, 0.05) is 42.5 Å². The Hall–Kier alpha value is -7.78. The Bertz CT molecular complexity index is 3570. The van der Waals surface area contributed by atoms with Gasteiger partial charge in [0.15, 0.2) is 0 Å². The summed E-state index contributed by atoms with van der Waals surface area (Å²) in [5.74, 6) is 0. The van der Waals surface area contributed by atoms with E-state index >= 15 is 0 Å². The number of fused-ring (bicyclic) bond motifs is 9. The lowest BCUT2D eigenvalue weighted by Gasteiger charge is -2.34. The fourth-order valence-corrected chi connectivity index (χ4v) is 12.8. The monoisotopic (exact) mass is 845 g/mol. The third kappa shape index (κ3) is 5.45. The molecule has 0 amide bonds. The van der Waals surface area contributed by atoms with Crippen LogP contribution < -0.4 is 4.90 Å². The van der Waals surface area contributed by atoms with Gasteiger partial charge in [0.05, 0.1) is 11.1 Å². The molecule has 0 N–H and O–H groups in total. The first-order chi connectivity index (χ1) is 32.1. The molecule has 0 bridgehead atoms. The van der Waals surface area contributed by atoms with Crippen LogP contribution in [0.3, 0.4) is 0 Å². The number of nitrogens with zero attached hydrogens (tertiary/aromatic N) is 1. The summed E-state index contributed by atoms with van der Waals surface area (Å²) in [4.78, 5) is 2.52. The van der Waals surface area contributed by atoms with Gasteiger partial charge in [-0.05, 0) is 110 Å². The molecule has 2 heteroatoms. The first kappa shape index (κ1) is 37.7. The van der Waals surface area contributed by atoms with Gasteiger partial charge in [0.25, 0.3) is 0 Å². The molecule has 0 saturated carbocycles. The Kier molecular flexibility index (Phi) is 8.50. The maximum atomic E-state index is 2.52. The van der Waals surface area contributed by atoms with Gasteiger partial charge >= 0.3 is 0 Å². The molecule has 0 radical (unpaired) electrons. The van der Waals surface area contributed by atoms with E-state index in [1.807, 2.05) is 11.3 Å². The molecule has 0 spiro atoms. The van der Waals surface area contributed by atoms with Crippen molar-refractivity contribution >= 4 is 48.6 Å². The molecule has 10 aromatic carbocycles. The van der Waals surface area contributed by atoms with Gasteiger partial charge < -0.3 is 4.90 Å². The van der Waals surface area contributed by atoms with Crippen LogP contribution >= 0.6 is 11.3 Å². The van der Waals surface area contributed by atoms with Crippen LogP contribution in [0.15, 0.2) is 243 Å². The van der Waals surface area contributed by atoms with E-state index in [1.165, 1.54) is 92.5 Å². The molecule has 11 aromatic rings. The van der Waals surface area contributed by atoms with Crippen molar-refractivity contribution in [1.82, 2.24) is 0 Å². The van der Waals surface area contributed by atoms with E-state index in [1.54, 1.807) is 0 Å². The van der Waals surface area contributed by atoms with Crippen molar-refractivity contribution in [3.05, 3.63) is 282 Å². The summed E-state index contributed by atoms with van der Waals surface area (Å²) in [7, 11) is 0. The van der Waals surface area contributed by atoms with Crippen molar-refractivity contribution in [3.63, 3.8) is 0 Å². The highest BCUT2D eigenvalue weighted by molar-refractivity contribution is 7.26. The first-order valence-corrected chi connectivity index (χ1v) is 23.4. The molecule has 1 atom stereocenters. The van der Waals surface area contributed by atoms with E-state index < -0.39 is 5.41 Å². The van der Waals surface area contributed by atoms with E-state index in [0.29, 0.717) is 0 Å². The van der Waals surface area contributed by atoms with Crippen LogP contribution in [0, 0.1) is 0 Å². The topological polar surface area (TPSA) is 3.24 Å². The number of anilines is 3. The summed E-state index contributed by atoms with van der Waals surface area (Å²) in [6, 6.07) is 90.3. The highest BCUT2D eigenvalue weighted by Crippen LogP contribution is 2.59. The number of benzene rings is 10. The largest absolute Gasteiger partial charge is 0.310 e. The zero-order valence-corrected chi connectivity index (χ0v) is 36.8. The molecule has 65 heavy (non-hydrogen) atoms. The average Bonchev–Trinajstić information content (AvgIpc) is 4.00. The van der Waals surface area contributed by atoms with E-state index in [0.717, 1.165) is 17.1 Å². The Morgan fingerprint density at radius 3 is 1.65 bits per heavy atom. The molecule has 2 aliphatic carbocycles. The lowest BCUT2D eigenvalue weighted by molar-refractivity contribution is 0.714. The molecule has 0 fully saturated rings. The molecule has 13 rings (SSSR count). The number of hydrogen-bond donors (Lipinski definition) is 0. The van der Waals surface area contributed by atoms with E-state index in [9.17, 15) is 0 Å². The highest BCUT2D eigenvalue weighted by Gasteiger charge is 2.47. The SMILES string of the molecule is CC1(c2ccccc2)c2ccccc2-c2c(N(c3ccc(-c4cccc5c4sc4ccccc45)cc3)c3ccc4c(c3)-c3ccccc3C4(c3ccccc3)c3ccccc3)cccc21. The van der Waals surface area contributed by atoms with E-state index in [-0.39, 0.29) is 5.41 Å². The van der Waals surface area contributed by atoms with Crippen LogP contribution in [-0.2, 0) is 10.8 Å². The number of thiophene rings is 1. The van der Waals surface area contributed by atoms with Gasteiger partial charge in [-0.1, -0.05) is 206 Å². The second-order valence-electron chi connectivity index (χ2n) is 17.7. The van der Waals surface area contributed by atoms with Crippen LogP contribution in [0.1, 0.15) is 45.9 Å². The van der Waals surface area contributed by atoms with Crippen molar-refractivity contribution in [2.45, 2.75) is 17.8 Å². The van der Waals surface area contributed by atoms with Crippen molar-refractivity contribution < 1.29 is 0 Å². The van der Waals surface area contributed by atoms with Crippen molar-refractivity contribution in [1.29, 1.82) is 0 Å². The zero-order chi connectivity index (χ0) is 43.1. The molecule has 0 aliphatic heterocycles. The molecule has 0 saturated heterocycles. The Labute approximate surface area is 384 Å². The van der Waals surface area contributed by atoms with Gasteiger partial charge in [-0.15, -0.1) is 11.3 Å². The summed E-state index contributed by atoms with van der Waals surface area (Å²) >= 11 is 1.88. The fourth-order valence-electron chi connectivity index (χ4n) is 11.6. The summed E-state index contributed by atoms with van der Waals surface area (Å²) in [5.41, 5.74) is 19.2. The smallest absolute Gasteiger partial charge is 0.0713 e. The fraction of sp³-hybridized carbons (Fsp3) is 0.0476. The second kappa shape index (κ2) is 14.6. The molecule has 306 valence electrons. The molecular weight excluding hydrogens is 803 g/mol. The molecular formula is C63H43NS. The van der Waals surface area contributed by atoms with Gasteiger partial charge in [0.2, 0.25) is 0 Å². The van der Waals surface area contributed by atoms with E-state index in [2.05, 4.69) is 254 Å². The van der Waals surface area contributed by atoms with Crippen molar-refractivity contribution in [2.75, 3.05) is 4.90 Å². The van der Waals surface area contributed by atoms with Crippen molar-refractivity contribution in [3.8, 4) is 33.4 Å². The number of hydrogen-bond acceptors (Lipinski definition) is 2. The van der Waals surface area contributed by atoms with Crippen LogP contribution in [0.4, 0.5) is 17.1 Å². The summed E-state index contributed by atoms with van der Waals surface area (Å²) in [6.07, 6.45) is 0. The quantitative estimate of drug-likeness (QED) is 0.154. The van der Waals surface area contributed by atoms with Crippen LogP contribution in [-0.4, -0.2) is 0 Å². The van der Waals surface area contributed by atoms with Gasteiger partial charge in [-0.25, -0.2) is 0 Å². The Morgan fingerprint density at radius 1 is 0.369 bits per heavy atom. The standard InChI is InChI=1S/C63H43NS/c1-62(43-19-5-2-6-20-43)54-30-14-12-27-52(54)60-57(62)32-18-33-58(60)64(46-37-35-42(36-38-46)48-28-17-29-51-50-26-13-16-34-59(50)65-61(48)51)47-39-40-56-53(41-47)49-25-11-15-31-55(49)63(56,44-21-7-3-8-22-44)45-23-9-4-10-24-45/h2-41H,1H3. The minimum atomic E-state index is -0.475. The van der Waals surface area contributed by atoms with Gasteiger partial charge in [-0.2, -0.15) is 0 Å². The second-order valence-corrected chi connectivity index (χ2v) is 18.7. The van der Waals surface area contributed by atoms with Gasteiger partial charge in [0.1, 0.15) is 0 Å². The molecule has 2 aliphatic rings. The van der Waals surface area contributed by atoms with Crippen molar-refractivity contribution in [2.24, 2.45) is 0 Å². The first-order valence-electron chi connectivity index (χ1n) is 22.6. The summed E-state index contributed by atoms with van der Waals surface area (Å²) < 4.78 is 2.65. The normalized spacial score (nSPS) is 15.3. The third-order valence-corrected chi connectivity index (χ3v) is 15.7. The minimum absolute atomic E-state index is 0.330. The predicted octanol–water partition coefficient (Wildman–Crippen LogP) is 16.9. The molecule has 1 aromatic heterocycles. The molecule has 1 heterocycles. The molecule has 1 nitrogen and oxygen atoms in total. The summed E-state index contributed by atoms with van der Waals surface area (Å²) in [5, 5.41) is 2.63. The number of rotatable bonds is 7. The Morgan fingerprint density at radius 2 is 0.908 bits per heavy atom.